The Labute approximate surface area is 133 Å². The molecule has 3 rings (SSSR count). The minimum Gasteiger partial charge on any atom is -0.495 e. The summed E-state index contributed by atoms with van der Waals surface area (Å²) in [5, 5.41) is 0.424. The standard InChI is InChI=1S/C16H14Cl2N2O/c1-10(17)16-19-12-8-7-11(18)9-14(12)20(16)13-5-3-4-6-15(13)21-2/h3-10H,1-2H3. The van der Waals surface area contributed by atoms with Gasteiger partial charge in [0.25, 0.3) is 0 Å². The molecule has 0 radical (unpaired) electrons. The van der Waals surface area contributed by atoms with E-state index in [1.165, 1.54) is 0 Å². The molecule has 0 fully saturated rings. The molecule has 2 aromatic carbocycles. The molecule has 1 atom stereocenters. The van der Waals surface area contributed by atoms with Crippen molar-refractivity contribution in [3.63, 3.8) is 0 Å². The van der Waals surface area contributed by atoms with Crippen molar-refractivity contribution in [2.75, 3.05) is 7.11 Å². The first-order valence-electron chi connectivity index (χ1n) is 6.57. The molecule has 0 amide bonds. The molecule has 21 heavy (non-hydrogen) atoms. The Morgan fingerprint density at radius 1 is 1.19 bits per heavy atom. The lowest BCUT2D eigenvalue weighted by atomic mass is 10.2. The molecule has 0 aliphatic rings. The van der Waals surface area contributed by atoms with Crippen LogP contribution in [0.3, 0.4) is 0 Å². The van der Waals surface area contributed by atoms with E-state index in [1.807, 2.05) is 54.0 Å². The van der Waals surface area contributed by atoms with Crippen molar-refractivity contribution in [3.05, 3.63) is 53.3 Å². The number of rotatable bonds is 3. The van der Waals surface area contributed by atoms with Crippen LogP contribution in [0.25, 0.3) is 16.7 Å². The number of halogens is 2. The van der Waals surface area contributed by atoms with Gasteiger partial charge >= 0.3 is 0 Å². The molecule has 0 aliphatic heterocycles. The van der Waals surface area contributed by atoms with Crippen LogP contribution in [-0.4, -0.2) is 16.7 Å². The molecule has 1 unspecified atom stereocenters. The normalized spacial score (nSPS) is 12.6. The van der Waals surface area contributed by atoms with Gasteiger partial charge in [-0.05, 0) is 37.3 Å². The van der Waals surface area contributed by atoms with Gasteiger partial charge in [0.05, 0.1) is 29.2 Å². The summed E-state index contributed by atoms with van der Waals surface area (Å²) in [5.41, 5.74) is 2.66. The van der Waals surface area contributed by atoms with E-state index in [-0.39, 0.29) is 5.38 Å². The van der Waals surface area contributed by atoms with E-state index in [1.54, 1.807) is 7.11 Å². The molecule has 1 aromatic heterocycles. The highest BCUT2D eigenvalue weighted by molar-refractivity contribution is 6.31. The average Bonchev–Trinajstić information content (AvgIpc) is 2.85. The summed E-state index contributed by atoms with van der Waals surface area (Å²) in [7, 11) is 1.65. The van der Waals surface area contributed by atoms with E-state index in [4.69, 9.17) is 27.9 Å². The molecule has 5 heteroatoms. The van der Waals surface area contributed by atoms with Gasteiger partial charge in [0.2, 0.25) is 0 Å². The first-order valence-corrected chi connectivity index (χ1v) is 7.38. The number of fused-ring (bicyclic) bond motifs is 1. The molecule has 3 nitrogen and oxygen atoms in total. The number of imidazole rings is 1. The van der Waals surface area contributed by atoms with Crippen LogP contribution in [-0.2, 0) is 0 Å². The summed E-state index contributed by atoms with van der Waals surface area (Å²) in [6.45, 7) is 1.90. The molecule has 108 valence electrons. The Morgan fingerprint density at radius 3 is 2.67 bits per heavy atom. The second kappa shape index (κ2) is 5.58. The van der Waals surface area contributed by atoms with Crippen LogP contribution in [0.4, 0.5) is 0 Å². The third kappa shape index (κ3) is 2.47. The van der Waals surface area contributed by atoms with Crippen LogP contribution in [0.5, 0.6) is 5.75 Å². The van der Waals surface area contributed by atoms with E-state index >= 15 is 0 Å². The minimum absolute atomic E-state index is 0.235. The number of alkyl halides is 1. The lowest BCUT2D eigenvalue weighted by Crippen LogP contribution is -2.03. The largest absolute Gasteiger partial charge is 0.495 e. The fourth-order valence-electron chi connectivity index (χ4n) is 2.40. The highest BCUT2D eigenvalue weighted by atomic mass is 35.5. The number of hydrogen-bond donors (Lipinski definition) is 0. The van der Waals surface area contributed by atoms with Gasteiger partial charge in [-0.3, -0.25) is 4.57 Å². The number of benzene rings is 2. The maximum absolute atomic E-state index is 6.31. The van der Waals surface area contributed by atoms with Gasteiger partial charge in [0, 0.05) is 5.02 Å². The maximum atomic E-state index is 6.31. The molecular weight excluding hydrogens is 307 g/mol. The summed E-state index contributed by atoms with van der Waals surface area (Å²) < 4.78 is 7.46. The van der Waals surface area contributed by atoms with E-state index < -0.39 is 0 Å². The molecule has 0 spiro atoms. The van der Waals surface area contributed by atoms with Crippen molar-refractivity contribution in [2.24, 2.45) is 0 Å². The van der Waals surface area contributed by atoms with Gasteiger partial charge in [-0.2, -0.15) is 0 Å². The molecule has 0 N–H and O–H groups in total. The fourth-order valence-corrected chi connectivity index (χ4v) is 2.71. The highest BCUT2D eigenvalue weighted by Gasteiger charge is 2.18. The average molecular weight is 321 g/mol. The van der Waals surface area contributed by atoms with Gasteiger partial charge in [-0.25, -0.2) is 4.98 Å². The van der Waals surface area contributed by atoms with Crippen molar-refractivity contribution in [1.29, 1.82) is 0 Å². The summed E-state index contributed by atoms with van der Waals surface area (Å²) in [6.07, 6.45) is 0. The predicted octanol–water partition coefficient (Wildman–Crippen LogP) is 4.99. The summed E-state index contributed by atoms with van der Waals surface area (Å²) >= 11 is 12.4. The van der Waals surface area contributed by atoms with Gasteiger partial charge < -0.3 is 4.74 Å². The van der Waals surface area contributed by atoms with Crippen LogP contribution in [0.15, 0.2) is 42.5 Å². The predicted molar refractivity (Wildman–Crippen MR) is 86.9 cm³/mol. The number of ether oxygens (including phenoxy) is 1. The second-order valence-electron chi connectivity index (χ2n) is 4.73. The zero-order chi connectivity index (χ0) is 15.0. The van der Waals surface area contributed by atoms with E-state index in [0.29, 0.717) is 5.02 Å². The number of methoxy groups -OCH3 is 1. The van der Waals surface area contributed by atoms with Crippen LogP contribution >= 0.6 is 23.2 Å². The molecule has 0 saturated carbocycles. The third-order valence-electron chi connectivity index (χ3n) is 3.32. The summed E-state index contributed by atoms with van der Waals surface area (Å²) in [6, 6.07) is 13.4. The van der Waals surface area contributed by atoms with Gasteiger partial charge in [-0.15, -0.1) is 11.6 Å². The molecule has 1 heterocycles. The fraction of sp³-hybridized carbons (Fsp3) is 0.188. The molecular formula is C16H14Cl2N2O. The topological polar surface area (TPSA) is 27.1 Å². The second-order valence-corrected chi connectivity index (χ2v) is 5.82. The zero-order valence-electron chi connectivity index (χ0n) is 11.7. The van der Waals surface area contributed by atoms with Gasteiger partial charge in [0.1, 0.15) is 11.6 Å². The van der Waals surface area contributed by atoms with Crippen molar-refractivity contribution in [1.82, 2.24) is 9.55 Å². The maximum Gasteiger partial charge on any atom is 0.142 e. The smallest absolute Gasteiger partial charge is 0.142 e. The van der Waals surface area contributed by atoms with Crippen LogP contribution in [0.2, 0.25) is 5.02 Å². The van der Waals surface area contributed by atoms with Crippen LogP contribution in [0.1, 0.15) is 18.1 Å². The lowest BCUT2D eigenvalue weighted by Gasteiger charge is -2.14. The number of hydrogen-bond acceptors (Lipinski definition) is 2. The SMILES string of the molecule is COc1ccccc1-n1c(C(C)Cl)nc2ccc(Cl)cc21. The van der Waals surface area contributed by atoms with Crippen molar-refractivity contribution < 1.29 is 4.74 Å². The van der Waals surface area contributed by atoms with E-state index in [2.05, 4.69) is 4.98 Å². The Morgan fingerprint density at radius 2 is 1.95 bits per heavy atom. The number of nitrogens with zero attached hydrogens (tertiary/aromatic N) is 2. The monoisotopic (exact) mass is 320 g/mol. The molecule has 0 aliphatic carbocycles. The minimum atomic E-state index is -0.235. The summed E-state index contributed by atoms with van der Waals surface area (Å²) in [5.74, 6) is 1.52. The third-order valence-corrected chi connectivity index (χ3v) is 3.75. The molecule has 0 bridgehead atoms. The van der Waals surface area contributed by atoms with Gasteiger partial charge in [0.15, 0.2) is 0 Å². The van der Waals surface area contributed by atoms with Crippen molar-refractivity contribution in [2.45, 2.75) is 12.3 Å². The summed E-state index contributed by atoms with van der Waals surface area (Å²) in [4.78, 5) is 4.62. The Kier molecular flexibility index (Phi) is 3.79. The first-order chi connectivity index (χ1) is 10.1. The molecule has 3 aromatic rings. The van der Waals surface area contributed by atoms with Crippen LogP contribution in [0, 0.1) is 0 Å². The van der Waals surface area contributed by atoms with E-state index in [0.717, 1.165) is 28.3 Å². The van der Waals surface area contributed by atoms with Crippen LogP contribution < -0.4 is 4.74 Å². The van der Waals surface area contributed by atoms with Gasteiger partial charge in [-0.1, -0.05) is 23.7 Å². The molecule has 0 saturated heterocycles. The quantitative estimate of drug-likeness (QED) is 0.636. The van der Waals surface area contributed by atoms with E-state index in [9.17, 15) is 0 Å². The zero-order valence-corrected chi connectivity index (χ0v) is 13.2. The lowest BCUT2D eigenvalue weighted by molar-refractivity contribution is 0.413. The first kappa shape index (κ1) is 14.2. The Bertz CT molecular complexity index is 796. The van der Waals surface area contributed by atoms with Crippen molar-refractivity contribution in [3.8, 4) is 11.4 Å². The highest BCUT2D eigenvalue weighted by Crippen LogP contribution is 2.33. The number of aromatic nitrogens is 2. The number of para-hydroxylation sites is 2. The van der Waals surface area contributed by atoms with Crippen molar-refractivity contribution >= 4 is 34.2 Å². The Hall–Kier alpha value is -1.71. The Balaban J connectivity index is 2.38.